The molecule has 0 radical (unpaired) electrons. The van der Waals surface area contributed by atoms with Gasteiger partial charge in [-0.2, -0.15) is 4.31 Å². The van der Waals surface area contributed by atoms with E-state index in [9.17, 15) is 18.3 Å². The molecule has 49 heavy (non-hydrogen) atoms. The Hall–Kier alpha value is -4.59. The number of hydrogen-bond donors (Lipinski definition) is 2. The van der Waals surface area contributed by atoms with Crippen LogP contribution in [-0.4, -0.2) is 68.4 Å². The summed E-state index contributed by atoms with van der Waals surface area (Å²) >= 11 is 1.62. The molecule has 0 unspecified atom stereocenters. The molecular weight excluding hydrogens is 663 g/mol. The predicted octanol–water partition coefficient (Wildman–Crippen LogP) is 6.33. The number of aliphatic hydroxyl groups is 1. The van der Waals surface area contributed by atoms with Crippen molar-refractivity contribution in [3.05, 3.63) is 120 Å². The van der Waals surface area contributed by atoms with Crippen molar-refractivity contribution < 1.29 is 32.5 Å². The number of carbonyl (C=O) groups excluding carboxylic acids is 1. The zero-order chi connectivity index (χ0) is 34.4. The Morgan fingerprint density at radius 2 is 1.78 bits per heavy atom. The molecule has 6 rings (SSSR count). The summed E-state index contributed by atoms with van der Waals surface area (Å²) in [5, 5.41) is 13.4. The zero-order valence-electron chi connectivity index (χ0n) is 27.1. The van der Waals surface area contributed by atoms with E-state index in [0.29, 0.717) is 17.9 Å². The lowest BCUT2D eigenvalue weighted by Gasteiger charge is -2.30. The molecule has 0 fully saturated rings. The number of aromatic nitrogens is 1. The SMILES string of the molecule is COc1ccc(S(=O)(=O)N(CCO)CCO[C@H]2C[C@@H](c3ccccc3)C=C(C(=O)Nc3ccc(-c4nc5ccc(C)cc5s4)cc3)O2)cc1. The molecule has 0 saturated heterocycles. The van der Waals surface area contributed by atoms with Gasteiger partial charge in [0.2, 0.25) is 16.3 Å². The van der Waals surface area contributed by atoms with Gasteiger partial charge in [0, 0.05) is 36.7 Å². The normalized spacial score (nSPS) is 16.3. The molecule has 0 spiro atoms. The maximum absolute atomic E-state index is 13.5. The summed E-state index contributed by atoms with van der Waals surface area (Å²) < 4.78 is 46.2. The fraction of sp³-hybridized carbons (Fsp3) is 0.243. The minimum atomic E-state index is -3.92. The first-order chi connectivity index (χ1) is 23.7. The molecule has 4 aromatic carbocycles. The number of sulfonamides is 1. The van der Waals surface area contributed by atoms with Gasteiger partial charge >= 0.3 is 0 Å². The van der Waals surface area contributed by atoms with E-state index >= 15 is 0 Å². The molecule has 1 aliphatic heterocycles. The first kappa shape index (κ1) is 34.3. The molecule has 2 N–H and O–H groups in total. The third-order valence-electron chi connectivity index (χ3n) is 8.13. The summed E-state index contributed by atoms with van der Waals surface area (Å²) in [4.78, 5) is 18.3. The van der Waals surface area contributed by atoms with Crippen LogP contribution in [0.4, 0.5) is 5.69 Å². The number of ether oxygens (including phenoxy) is 3. The number of allylic oxidation sites excluding steroid dienone is 1. The molecule has 1 aromatic heterocycles. The van der Waals surface area contributed by atoms with E-state index in [2.05, 4.69) is 18.3 Å². The van der Waals surface area contributed by atoms with Crippen molar-refractivity contribution in [2.24, 2.45) is 0 Å². The van der Waals surface area contributed by atoms with Crippen LogP contribution in [-0.2, 0) is 24.3 Å². The molecule has 2 atom stereocenters. The fourth-order valence-electron chi connectivity index (χ4n) is 5.54. The van der Waals surface area contributed by atoms with E-state index in [1.165, 1.54) is 24.8 Å². The summed E-state index contributed by atoms with van der Waals surface area (Å²) in [6.07, 6.45) is 1.39. The Morgan fingerprint density at radius 1 is 1.02 bits per heavy atom. The lowest BCUT2D eigenvalue weighted by Crippen LogP contribution is -2.37. The van der Waals surface area contributed by atoms with E-state index in [0.717, 1.165) is 30.7 Å². The Morgan fingerprint density at radius 3 is 2.49 bits per heavy atom. The van der Waals surface area contributed by atoms with Gasteiger partial charge in [-0.3, -0.25) is 4.79 Å². The van der Waals surface area contributed by atoms with Crippen LogP contribution >= 0.6 is 11.3 Å². The topological polar surface area (TPSA) is 127 Å². The van der Waals surface area contributed by atoms with Crippen LogP contribution in [0.1, 0.15) is 23.5 Å². The third kappa shape index (κ3) is 8.18. The average Bonchev–Trinajstić information content (AvgIpc) is 3.55. The predicted molar refractivity (Wildman–Crippen MR) is 190 cm³/mol. The van der Waals surface area contributed by atoms with Crippen LogP contribution in [0.5, 0.6) is 5.75 Å². The lowest BCUT2D eigenvalue weighted by molar-refractivity contribution is -0.143. The van der Waals surface area contributed by atoms with Gasteiger partial charge in [0.25, 0.3) is 5.91 Å². The molecule has 1 aliphatic rings. The summed E-state index contributed by atoms with van der Waals surface area (Å²) in [5.74, 6) is 0.0281. The van der Waals surface area contributed by atoms with Crippen molar-refractivity contribution in [3.63, 3.8) is 0 Å². The number of anilines is 1. The molecule has 10 nitrogen and oxygen atoms in total. The van der Waals surface area contributed by atoms with Crippen molar-refractivity contribution in [2.75, 3.05) is 38.7 Å². The monoisotopic (exact) mass is 699 g/mol. The first-order valence-electron chi connectivity index (χ1n) is 15.8. The highest BCUT2D eigenvalue weighted by Crippen LogP contribution is 2.33. The number of aliphatic hydroxyl groups excluding tert-OH is 1. The molecule has 254 valence electrons. The van der Waals surface area contributed by atoms with Gasteiger partial charge in [0.15, 0.2) is 5.76 Å². The van der Waals surface area contributed by atoms with Crippen LogP contribution < -0.4 is 10.1 Å². The quantitative estimate of drug-likeness (QED) is 0.146. The Labute approximate surface area is 289 Å². The van der Waals surface area contributed by atoms with Crippen molar-refractivity contribution in [2.45, 2.75) is 30.4 Å². The molecule has 12 heteroatoms. The molecule has 0 saturated carbocycles. The highest BCUT2D eigenvalue weighted by atomic mass is 32.2. The van der Waals surface area contributed by atoms with E-state index in [-0.39, 0.29) is 42.9 Å². The Bertz CT molecular complexity index is 2030. The average molecular weight is 700 g/mol. The fourth-order valence-corrected chi connectivity index (χ4v) is 8.03. The molecule has 1 amide bonds. The van der Waals surface area contributed by atoms with Gasteiger partial charge in [-0.05, 0) is 84.8 Å². The van der Waals surface area contributed by atoms with Gasteiger partial charge in [0.1, 0.15) is 10.8 Å². The first-order valence-corrected chi connectivity index (χ1v) is 18.1. The van der Waals surface area contributed by atoms with Crippen LogP contribution in [0.3, 0.4) is 0 Å². The number of hydrogen-bond acceptors (Lipinski definition) is 9. The highest BCUT2D eigenvalue weighted by Gasteiger charge is 2.30. The van der Waals surface area contributed by atoms with Crippen LogP contribution in [0.2, 0.25) is 0 Å². The van der Waals surface area contributed by atoms with Crippen LogP contribution in [0.15, 0.2) is 114 Å². The largest absolute Gasteiger partial charge is 0.497 e. The third-order valence-corrected chi connectivity index (χ3v) is 11.1. The standard InChI is InChI=1S/C37H37N3O7S2/c1-25-8-17-32-34(22-25)48-37(39-32)27-9-11-29(12-10-27)38-36(42)33-23-28(26-6-4-3-5-7-26)24-35(47-33)46-21-19-40(18-20-41)49(43,44)31-15-13-30(45-2)14-16-31/h3-17,22-23,28,35,41H,18-21,24H2,1-2H3,(H,38,42)/t28-,35+/m0/s1. The second-order valence-electron chi connectivity index (χ2n) is 11.5. The molecule has 2 heterocycles. The molecule has 5 aromatic rings. The number of amides is 1. The minimum Gasteiger partial charge on any atom is -0.497 e. The molecule has 0 aliphatic carbocycles. The summed E-state index contributed by atoms with van der Waals surface area (Å²) in [5.41, 5.74) is 4.67. The maximum Gasteiger partial charge on any atom is 0.290 e. The van der Waals surface area contributed by atoms with Crippen molar-refractivity contribution >= 4 is 43.2 Å². The van der Waals surface area contributed by atoms with Gasteiger partial charge in [-0.25, -0.2) is 13.4 Å². The Kier molecular flexibility index (Phi) is 10.7. The summed E-state index contributed by atoms with van der Waals surface area (Å²) in [7, 11) is -2.41. The van der Waals surface area contributed by atoms with Gasteiger partial charge < -0.3 is 24.6 Å². The van der Waals surface area contributed by atoms with Gasteiger partial charge in [-0.1, -0.05) is 36.4 Å². The van der Waals surface area contributed by atoms with E-state index in [1.807, 2.05) is 66.7 Å². The summed E-state index contributed by atoms with van der Waals surface area (Å²) in [6.45, 7) is 1.53. The number of carbonyl (C=O) groups is 1. The molecule has 0 bridgehead atoms. The van der Waals surface area contributed by atoms with Crippen molar-refractivity contribution in [1.29, 1.82) is 0 Å². The van der Waals surface area contributed by atoms with Crippen LogP contribution in [0.25, 0.3) is 20.8 Å². The van der Waals surface area contributed by atoms with E-state index in [4.69, 9.17) is 19.2 Å². The van der Waals surface area contributed by atoms with E-state index in [1.54, 1.807) is 29.5 Å². The number of methoxy groups -OCH3 is 1. The smallest absolute Gasteiger partial charge is 0.290 e. The number of nitrogens with zero attached hydrogens (tertiary/aromatic N) is 2. The number of aryl methyl sites for hydroxylation is 1. The minimum absolute atomic E-state index is 0.0245. The lowest BCUT2D eigenvalue weighted by atomic mass is 9.93. The van der Waals surface area contributed by atoms with Gasteiger partial charge in [0.05, 0.1) is 35.4 Å². The summed E-state index contributed by atoms with van der Waals surface area (Å²) in [6, 6.07) is 29.5. The number of fused-ring (bicyclic) bond motifs is 1. The second kappa shape index (κ2) is 15.3. The van der Waals surface area contributed by atoms with Crippen molar-refractivity contribution in [1.82, 2.24) is 9.29 Å². The molecular formula is C37H37N3O7S2. The Balaban J connectivity index is 1.13. The van der Waals surface area contributed by atoms with E-state index < -0.39 is 22.2 Å². The number of nitrogens with one attached hydrogen (secondary N) is 1. The van der Waals surface area contributed by atoms with Gasteiger partial charge in [-0.15, -0.1) is 11.3 Å². The second-order valence-corrected chi connectivity index (χ2v) is 14.5. The highest BCUT2D eigenvalue weighted by molar-refractivity contribution is 7.89. The van der Waals surface area contributed by atoms with Crippen LogP contribution in [0, 0.1) is 6.92 Å². The number of thiazole rings is 1. The number of benzene rings is 4. The number of rotatable bonds is 13. The zero-order valence-corrected chi connectivity index (χ0v) is 28.7. The maximum atomic E-state index is 13.5. The van der Waals surface area contributed by atoms with Crippen molar-refractivity contribution in [3.8, 4) is 16.3 Å².